The lowest BCUT2D eigenvalue weighted by Crippen LogP contribution is -2.12. The predicted molar refractivity (Wildman–Crippen MR) is 97.6 cm³/mol. The van der Waals surface area contributed by atoms with Crippen molar-refractivity contribution in [2.75, 3.05) is 0 Å². The highest BCUT2D eigenvalue weighted by atomic mass is 35.5. The van der Waals surface area contributed by atoms with Crippen LogP contribution in [-0.2, 0) is 12.8 Å². The van der Waals surface area contributed by atoms with Crippen LogP contribution in [0.2, 0.25) is 10.0 Å². The Bertz CT molecular complexity index is 955. The van der Waals surface area contributed by atoms with E-state index in [0.717, 1.165) is 40.8 Å². The van der Waals surface area contributed by atoms with Crippen molar-refractivity contribution in [1.82, 2.24) is 4.98 Å². The van der Waals surface area contributed by atoms with E-state index in [9.17, 15) is 4.79 Å². The number of aryl methyl sites for hydroxylation is 1. The Morgan fingerprint density at radius 3 is 2.46 bits per heavy atom. The molecule has 0 aliphatic heterocycles. The van der Waals surface area contributed by atoms with Crippen LogP contribution in [0.1, 0.15) is 21.6 Å². The van der Waals surface area contributed by atoms with Gasteiger partial charge in [-0.25, -0.2) is 0 Å². The monoisotopic (exact) mass is 356 g/mol. The molecule has 0 bridgehead atoms. The summed E-state index contributed by atoms with van der Waals surface area (Å²) in [5.41, 5.74) is 12.0. The zero-order valence-electron chi connectivity index (χ0n) is 12.7. The van der Waals surface area contributed by atoms with Crippen molar-refractivity contribution >= 4 is 29.1 Å². The lowest BCUT2D eigenvalue weighted by molar-refractivity contribution is 0.0997. The van der Waals surface area contributed by atoms with Gasteiger partial charge >= 0.3 is 0 Å². The third-order valence-electron chi connectivity index (χ3n) is 4.43. The predicted octanol–water partition coefficient (Wildman–Crippen LogP) is 4.85. The molecule has 1 heterocycles. The number of H-pyrrole nitrogens is 1. The molecular weight excluding hydrogens is 343 g/mol. The van der Waals surface area contributed by atoms with E-state index in [-0.39, 0.29) is 0 Å². The second-order valence-corrected chi connectivity index (χ2v) is 6.78. The molecule has 1 amide bonds. The van der Waals surface area contributed by atoms with E-state index in [1.54, 1.807) is 6.07 Å². The Hall–Kier alpha value is -2.23. The molecule has 0 unspecified atom stereocenters. The van der Waals surface area contributed by atoms with Crippen LogP contribution in [0.3, 0.4) is 0 Å². The number of hydrogen-bond acceptors (Lipinski definition) is 1. The van der Waals surface area contributed by atoms with E-state index >= 15 is 0 Å². The highest BCUT2D eigenvalue weighted by molar-refractivity contribution is 6.35. The van der Waals surface area contributed by atoms with Crippen molar-refractivity contribution < 1.29 is 4.79 Å². The number of aromatic nitrogens is 1. The van der Waals surface area contributed by atoms with Gasteiger partial charge in [0.15, 0.2) is 0 Å². The van der Waals surface area contributed by atoms with Crippen LogP contribution in [0.25, 0.3) is 22.4 Å². The second-order valence-electron chi connectivity index (χ2n) is 5.91. The lowest BCUT2D eigenvalue weighted by Gasteiger charge is -2.17. The van der Waals surface area contributed by atoms with E-state index < -0.39 is 5.91 Å². The summed E-state index contributed by atoms with van der Waals surface area (Å²) in [6.07, 6.45) is 1.75. The van der Waals surface area contributed by atoms with Crippen LogP contribution in [0.15, 0.2) is 42.5 Å². The number of fused-ring (bicyclic) bond motifs is 3. The first-order valence-electron chi connectivity index (χ1n) is 7.64. The molecule has 0 fully saturated rings. The van der Waals surface area contributed by atoms with Crippen LogP contribution < -0.4 is 5.73 Å². The summed E-state index contributed by atoms with van der Waals surface area (Å²) in [4.78, 5) is 15.3. The minimum Gasteiger partial charge on any atom is -0.364 e. The van der Waals surface area contributed by atoms with Crippen molar-refractivity contribution in [3.63, 3.8) is 0 Å². The second kappa shape index (κ2) is 5.69. The summed E-state index contributed by atoms with van der Waals surface area (Å²) in [5.74, 6) is -0.493. The van der Waals surface area contributed by atoms with Crippen LogP contribution >= 0.6 is 23.2 Å². The van der Waals surface area contributed by atoms with Gasteiger partial charge in [-0.15, -0.1) is 0 Å². The van der Waals surface area contributed by atoms with E-state index in [1.807, 2.05) is 24.3 Å². The molecule has 0 saturated carbocycles. The van der Waals surface area contributed by atoms with Gasteiger partial charge in [-0.3, -0.25) is 4.79 Å². The molecule has 0 atom stereocenters. The number of carbonyl (C=O) groups excluding carboxylic acids is 1. The number of hydrogen-bond donors (Lipinski definition) is 2. The fraction of sp³-hybridized carbons (Fsp3) is 0.105. The lowest BCUT2D eigenvalue weighted by atomic mass is 9.87. The quantitative estimate of drug-likeness (QED) is 0.677. The molecule has 1 aliphatic rings. The summed E-state index contributed by atoms with van der Waals surface area (Å²) in [6, 6.07) is 13.5. The van der Waals surface area contributed by atoms with Crippen LogP contribution in [0, 0.1) is 0 Å². The van der Waals surface area contributed by atoms with E-state index in [4.69, 9.17) is 28.9 Å². The molecule has 3 aromatic rings. The molecule has 2 aromatic carbocycles. The number of nitrogens with two attached hydrogens (primary N) is 1. The average Bonchev–Trinajstić information content (AvgIpc) is 2.94. The fourth-order valence-electron chi connectivity index (χ4n) is 3.46. The van der Waals surface area contributed by atoms with Gasteiger partial charge in [0.05, 0.1) is 5.69 Å². The highest BCUT2D eigenvalue weighted by Crippen LogP contribution is 2.41. The topological polar surface area (TPSA) is 58.9 Å². The molecule has 0 spiro atoms. The average molecular weight is 357 g/mol. The first kappa shape index (κ1) is 15.3. The van der Waals surface area contributed by atoms with Gasteiger partial charge in [-0.2, -0.15) is 0 Å². The minimum atomic E-state index is -0.493. The number of carbonyl (C=O) groups is 1. The normalized spacial score (nSPS) is 12.6. The molecule has 1 aromatic heterocycles. The third kappa shape index (κ3) is 2.41. The summed E-state index contributed by atoms with van der Waals surface area (Å²) in [6.45, 7) is 0. The molecule has 3 nitrogen and oxygen atoms in total. The Balaban J connectivity index is 2.02. The van der Waals surface area contributed by atoms with Gasteiger partial charge in [0.2, 0.25) is 0 Å². The van der Waals surface area contributed by atoms with Gasteiger partial charge in [0.1, 0.15) is 5.69 Å². The highest BCUT2D eigenvalue weighted by Gasteiger charge is 2.26. The summed E-state index contributed by atoms with van der Waals surface area (Å²) in [7, 11) is 0. The summed E-state index contributed by atoms with van der Waals surface area (Å²) < 4.78 is 0. The van der Waals surface area contributed by atoms with Gasteiger partial charge in [-0.05, 0) is 47.7 Å². The molecule has 24 heavy (non-hydrogen) atoms. The molecule has 5 heteroatoms. The first-order chi connectivity index (χ1) is 11.5. The molecule has 3 N–H and O–H groups in total. The fourth-order valence-corrected chi connectivity index (χ4v) is 3.99. The Kier molecular flexibility index (Phi) is 3.63. The van der Waals surface area contributed by atoms with Crippen LogP contribution in [0.4, 0.5) is 0 Å². The number of primary amides is 1. The van der Waals surface area contributed by atoms with Crippen molar-refractivity contribution in [3.8, 4) is 22.4 Å². The minimum absolute atomic E-state index is 0.398. The number of aromatic amines is 1. The van der Waals surface area contributed by atoms with Gasteiger partial charge in [-0.1, -0.05) is 47.5 Å². The smallest absolute Gasteiger partial charge is 0.265 e. The summed E-state index contributed by atoms with van der Waals surface area (Å²) >= 11 is 12.3. The van der Waals surface area contributed by atoms with E-state index in [1.165, 1.54) is 5.56 Å². The molecule has 0 radical (unpaired) electrons. The first-order valence-corrected chi connectivity index (χ1v) is 8.39. The number of nitrogens with one attached hydrogen (secondary N) is 1. The number of amides is 1. The molecule has 1 aliphatic carbocycles. The van der Waals surface area contributed by atoms with Crippen molar-refractivity contribution in [2.24, 2.45) is 5.73 Å². The molecule has 120 valence electrons. The Labute approximate surface area is 149 Å². The number of rotatable bonds is 2. The number of halogens is 2. The van der Waals surface area contributed by atoms with Crippen LogP contribution in [0.5, 0.6) is 0 Å². The Morgan fingerprint density at radius 1 is 1.04 bits per heavy atom. The van der Waals surface area contributed by atoms with Crippen molar-refractivity contribution in [3.05, 3.63) is 69.3 Å². The van der Waals surface area contributed by atoms with Crippen LogP contribution in [-0.4, -0.2) is 10.9 Å². The maximum Gasteiger partial charge on any atom is 0.265 e. The molecule has 0 saturated heterocycles. The van der Waals surface area contributed by atoms with E-state index in [2.05, 4.69) is 17.1 Å². The third-order valence-corrected chi connectivity index (χ3v) is 4.87. The number of benzene rings is 2. The maximum atomic E-state index is 12.0. The van der Waals surface area contributed by atoms with Gasteiger partial charge in [0, 0.05) is 21.2 Å². The van der Waals surface area contributed by atoms with E-state index in [0.29, 0.717) is 15.7 Å². The standard InChI is InChI=1S/C19H14Cl2N2O/c20-12-7-11(8-13(21)9-12)16-15-6-5-10-3-1-2-4-14(10)17(15)23-18(16)19(22)24/h1-4,7-9,23H,5-6H2,(H2,22,24). The maximum absolute atomic E-state index is 12.0. The van der Waals surface area contributed by atoms with Gasteiger partial charge in [0.25, 0.3) is 5.91 Å². The van der Waals surface area contributed by atoms with Crippen molar-refractivity contribution in [2.45, 2.75) is 12.8 Å². The SMILES string of the molecule is NC(=O)c1[nH]c2c(c1-c1cc(Cl)cc(Cl)c1)CCc1ccccc1-2. The zero-order chi connectivity index (χ0) is 16.8. The van der Waals surface area contributed by atoms with Crippen molar-refractivity contribution in [1.29, 1.82) is 0 Å². The largest absolute Gasteiger partial charge is 0.364 e. The Morgan fingerprint density at radius 2 is 1.75 bits per heavy atom. The van der Waals surface area contributed by atoms with Gasteiger partial charge < -0.3 is 10.7 Å². The summed E-state index contributed by atoms with van der Waals surface area (Å²) in [5, 5.41) is 1.05. The molecular formula is C19H14Cl2N2O. The zero-order valence-corrected chi connectivity index (χ0v) is 14.2. The molecule has 4 rings (SSSR count).